The van der Waals surface area contributed by atoms with Crippen LogP contribution in [0, 0.1) is 5.92 Å². The zero-order valence-corrected chi connectivity index (χ0v) is 14.3. The summed E-state index contributed by atoms with van der Waals surface area (Å²) in [6.45, 7) is 6.50. The Balaban J connectivity index is 2.02. The topological polar surface area (TPSA) is 63.2 Å². The number of anilines is 1. The van der Waals surface area contributed by atoms with E-state index in [-0.39, 0.29) is 16.9 Å². The normalized spacial score (nSPS) is 18.8. The summed E-state index contributed by atoms with van der Waals surface area (Å²) in [6, 6.07) is 0. The number of amides is 1. The molecule has 1 aromatic heterocycles. The van der Waals surface area contributed by atoms with Crippen molar-refractivity contribution in [2.24, 2.45) is 5.92 Å². The Morgan fingerprint density at radius 3 is 2.76 bits per heavy atom. The maximum Gasteiger partial charge on any atom is 0.229 e. The van der Waals surface area contributed by atoms with Gasteiger partial charge in [0.1, 0.15) is 5.01 Å². The molecule has 21 heavy (non-hydrogen) atoms. The number of nitrogens with zero attached hydrogens (tertiary/aromatic N) is 3. The van der Waals surface area contributed by atoms with E-state index >= 15 is 0 Å². The Hall–Kier alpha value is -0.950. The van der Waals surface area contributed by atoms with Gasteiger partial charge in [0.2, 0.25) is 11.0 Å². The number of thioether (sulfide) groups is 1. The zero-order chi connectivity index (χ0) is 15.4. The minimum atomic E-state index is 0.0939. The van der Waals surface area contributed by atoms with Gasteiger partial charge in [-0.2, -0.15) is 0 Å². The number of hydrogen-bond donors (Lipinski definition) is 0. The molecule has 5 nitrogen and oxygen atoms in total. The molecule has 1 aliphatic rings. The standard InChI is InChI=1S/C14H21N3O2S2/c1-4-11(5-2)13-15-16-14(21-13)17-7-10(6-12(17)19)8-20-9(3)18/h10-11H,4-8H2,1-3H3. The summed E-state index contributed by atoms with van der Waals surface area (Å²) in [5, 5.41) is 10.3. The average Bonchev–Trinajstić information content (AvgIpc) is 3.05. The van der Waals surface area contributed by atoms with Crippen molar-refractivity contribution in [2.45, 2.75) is 46.0 Å². The predicted molar refractivity (Wildman–Crippen MR) is 86.8 cm³/mol. The quantitative estimate of drug-likeness (QED) is 0.803. The minimum Gasteiger partial charge on any atom is -0.288 e. The fourth-order valence-electron chi connectivity index (χ4n) is 2.45. The Morgan fingerprint density at radius 2 is 2.14 bits per heavy atom. The van der Waals surface area contributed by atoms with Crippen LogP contribution in [-0.2, 0) is 9.59 Å². The summed E-state index contributed by atoms with van der Waals surface area (Å²) >= 11 is 2.82. The third-order valence-corrected chi connectivity index (χ3v) is 5.88. The van der Waals surface area contributed by atoms with Crippen molar-refractivity contribution in [2.75, 3.05) is 17.2 Å². The molecule has 7 heteroatoms. The van der Waals surface area contributed by atoms with Gasteiger partial charge in [-0.3, -0.25) is 14.5 Å². The molecule has 1 fully saturated rings. The summed E-state index contributed by atoms with van der Waals surface area (Å²) in [6.07, 6.45) is 2.58. The number of hydrogen-bond acceptors (Lipinski definition) is 6. The molecule has 1 unspecified atom stereocenters. The molecule has 1 amide bonds. The first-order valence-corrected chi connectivity index (χ1v) is 9.12. The first-order valence-electron chi connectivity index (χ1n) is 7.32. The van der Waals surface area contributed by atoms with E-state index < -0.39 is 0 Å². The lowest BCUT2D eigenvalue weighted by Gasteiger charge is -2.12. The number of rotatable bonds is 6. The molecule has 1 saturated heterocycles. The molecular weight excluding hydrogens is 306 g/mol. The smallest absolute Gasteiger partial charge is 0.229 e. The van der Waals surface area contributed by atoms with E-state index in [1.54, 1.807) is 11.8 Å². The third kappa shape index (κ3) is 4.03. The van der Waals surface area contributed by atoms with Gasteiger partial charge in [0.25, 0.3) is 0 Å². The molecule has 2 rings (SSSR count). The van der Waals surface area contributed by atoms with Crippen molar-refractivity contribution in [1.29, 1.82) is 0 Å². The second-order valence-electron chi connectivity index (χ2n) is 5.31. The summed E-state index contributed by atoms with van der Waals surface area (Å²) < 4.78 is 0. The van der Waals surface area contributed by atoms with Gasteiger partial charge < -0.3 is 0 Å². The fourth-order valence-corrected chi connectivity index (χ4v) is 4.28. The van der Waals surface area contributed by atoms with Crippen molar-refractivity contribution >= 4 is 39.3 Å². The largest absolute Gasteiger partial charge is 0.288 e. The number of carbonyl (C=O) groups excluding carboxylic acids is 2. The van der Waals surface area contributed by atoms with E-state index in [4.69, 9.17) is 0 Å². The maximum absolute atomic E-state index is 12.1. The van der Waals surface area contributed by atoms with Crippen LogP contribution >= 0.6 is 23.1 Å². The number of carbonyl (C=O) groups is 2. The van der Waals surface area contributed by atoms with Crippen LogP contribution in [0.3, 0.4) is 0 Å². The first kappa shape index (κ1) is 16.4. The van der Waals surface area contributed by atoms with Crippen molar-refractivity contribution in [3.05, 3.63) is 5.01 Å². The van der Waals surface area contributed by atoms with Crippen molar-refractivity contribution in [3.63, 3.8) is 0 Å². The molecule has 1 aromatic rings. The Labute approximate surface area is 133 Å². The van der Waals surface area contributed by atoms with Gasteiger partial charge in [0, 0.05) is 31.6 Å². The molecule has 0 spiro atoms. The van der Waals surface area contributed by atoms with Gasteiger partial charge in [-0.1, -0.05) is 36.9 Å². The van der Waals surface area contributed by atoms with Gasteiger partial charge in [-0.15, -0.1) is 10.2 Å². The molecule has 0 N–H and O–H groups in total. The highest BCUT2D eigenvalue weighted by Crippen LogP contribution is 2.33. The van der Waals surface area contributed by atoms with Gasteiger partial charge in [-0.25, -0.2) is 0 Å². The first-order chi connectivity index (χ1) is 10.0. The lowest BCUT2D eigenvalue weighted by molar-refractivity contribution is -0.117. The molecular formula is C14H21N3O2S2. The highest BCUT2D eigenvalue weighted by Gasteiger charge is 2.33. The van der Waals surface area contributed by atoms with Crippen molar-refractivity contribution in [1.82, 2.24) is 10.2 Å². The monoisotopic (exact) mass is 327 g/mol. The van der Waals surface area contributed by atoms with Crippen LogP contribution in [-0.4, -0.2) is 33.5 Å². The predicted octanol–water partition coefficient (Wildman–Crippen LogP) is 3.07. The molecule has 1 atom stereocenters. The fraction of sp³-hybridized carbons (Fsp3) is 0.714. The SMILES string of the molecule is CCC(CC)c1nnc(N2CC(CSC(C)=O)CC2=O)s1. The second-order valence-corrected chi connectivity index (χ2v) is 7.50. The van der Waals surface area contributed by atoms with Gasteiger partial charge in [0.15, 0.2) is 5.12 Å². The van der Waals surface area contributed by atoms with Crippen LogP contribution < -0.4 is 4.90 Å². The van der Waals surface area contributed by atoms with Crippen LogP contribution in [0.15, 0.2) is 0 Å². The molecule has 0 aliphatic carbocycles. The van der Waals surface area contributed by atoms with Crippen LogP contribution in [0.5, 0.6) is 0 Å². The summed E-state index contributed by atoms with van der Waals surface area (Å²) in [5.41, 5.74) is 0. The summed E-state index contributed by atoms with van der Waals surface area (Å²) in [4.78, 5) is 24.9. The van der Waals surface area contributed by atoms with E-state index in [2.05, 4.69) is 24.0 Å². The lowest BCUT2D eigenvalue weighted by Crippen LogP contribution is -2.24. The Morgan fingerprint density at radius 1 is 1.43 bits per heavy atom. The summed E-state index contributed by atoms with van der Waals surface area (Å²) in [7, 11) is 0. The van der Waals surface area contributed by atoms with Crippen molar-refractivity contribution in [3.8, 4) is 0 Å². The van der Waals surface area contributed by atoms with Crippen LogP contribution in [0.4, 0.5) is 5.13 Å². The Bertz CT molecular complexity index is 514. The molecule has 0 radical (unpaired) electrons. The van der Waals surface area contributed by atoms with Gasteiger partial charge in [0.05, 0.1) is 0 Å². The average molecular weight is 327 g/mol. The minimum absolute atomic E-state index is 0.0939. The molecule has 116 valence electrons. The molecule has 0 saturated carbocycles. The van der Waals surface area contributed by atoms with Crippen molar-refractivity contribution < 1.29 is 9.59 Å². The van der Waals surface area contributed by atoms with E-state index in [9.17, 15) is 9.59 Å². The zero-order valence-electron chi connectivity index (χ0n) is 12.7. The Kier molecular flexibility index (Phi) is 5.75. The van der Waals surface area contributed by atoms with Crippen LogP contribution in [0.25, 0.3) is 0 Å². The molecule has 0 aromatic carbocycles. The molecule has 1 aliphatic heterocycles. The number of aromatic nitrogens is 2. The van der Waals surface area contributed by atoms with Crippen LogP contribution in [0.1, 0.15) is 51.0 Å². The van der Waals surface area contributed by atoms with Gasteiger partial charge in [-0.05, 0) is 18.8 Å². The van der Waals surface area contributed by atoms with E-state index in [1.165, 1.54) is 23.1 Å². The van der Waals surface area contributed by atoms with E-state index in [0.717, 1.165) is 17.8 Å². The molecule has 0 bridgehead atoms. The highest BCUT2D eigenvalue weighted by atomic mass is 32.2. The van der Waals surface area contributed by atoms with Crippen LogP contribution in [0.2, 0.25) is 0 Å². The molecule has 2 heterocycles. The summed E-state index contributed by atoms with van der Waals surface area (Å²) in [5.74, 6) is 1.46. The maximum atomic E-state index is 12.1. The second kappa shape index (κ2) is 7.35. The van der Waals surface area contributed by atoms with E-state index in [1.807, 2.05) is 0 Å². The van der Waals surface area contributed by atoms with E-state index in [0.29, 0.717) is 29.8 Å². The van der Waals surface area contributed by atoms with Gasteiger partial charge >= 0.3 is 0 Å². The third-order valence-electron chi connectivity index (χ3n) is 3.72. The lowest BCUT2D eigenvalue weighted by atomic mass is 10.1. The highest BCUT2D eigenvalue weighted by molar-refractivity contribution is 8.13.